The summed E-state index contributed by atoms with van der Waals surface area (Å²) in [6, 6.07) is 15.1. The largest absolute Gasteiger partial charge is 0.474 e. The predicted molar refractivity (Wildman–Crippen MR) is 97.1 cm³/mol. The molecule has 0 amide bonds. The molecule has 6 nitrogen and oxygen atoms in total. The number of hydrogen-bond donors (Lipinski definition) is 2. The van der Waals surface area contributed by atoms with Gasteiger partial charge in [-0.05, 0) is 23.8 Å². The third kappa shape index (κ3) is 4.17. The minimum absolute atomic E-state index is 0.0291. The fourth-order valence-electron chi connectivity index (χ4n) is 2.75. The molecule has 2 aromatic carbocycles. The van der Waals surface area contributed by atoms with Crippen LogP contribution in [0.25, 0.3) is 21.9 Å². The summed E-state index contributed by atoms with van der Waals surface area (Å²) in [6.07, 6.45) is -1.13. The normalized spacial score (nSPS) is 12.0. The standard InChI is InChI=1S/C20H16F2N2O4/c21-20(22)28-14-6-7-15-16(8-14)18(12-4-2-1-3-5-12)17(9-23)24-19(15)27-11-13(26)10-25/h1-8,13,20,25-26H,10-11H2/t13-/m1/s1. The van der Waals surface area contributed by atoms with Crippen molar-refractivity contribution in [2.75, 3.05) is 13.2 Å². The van der Waals surface area contributed by atoms with E-state index in [0.717, 1.165) is 0 Å². The summed E-state index contributed by atoms with van der Waals surface area (Å²) in [5, 5.41) is 28.9. The number of pyridine rings is 1. The zero-order chi connectivity index (χ0) is 20.1. The molecule has 0 spiro atoms. The molecule has 0 aliphatic rings. The van der Waals surface area contributed by atoms with E-state index in [1.165, 1.54) is 18.2 Å². The summed E-state index contributed by atoms with van der Waals surface area (Å²) in [6.45, 7) is -3.74. The molecule has 0 fully saturated rings. The Kier molecular flexibility index (Phi) is 5.99. The molecule has 0 aliphatic heterocycles. The first-order valence-corrected chi connectivity index (χ1v) is 8.33. The van der Waals surface area contributed by atoms with Crippen LogP contribution >= 0.6 is 0 Å². The Morgan fingerprint density at radius 2 is 1.86 bits per heavy atom. The molecule has 0 radical (unpaired) electrons. The molecule has 0 saturated heterocycles. The minimum atomic E-state index is -3.00. The van der Waals surface area contributed by atoms with Gasteiger partial charge in [0.15, 0.2) is 5.69 Å². The van der Waals surface area contributed by atoms with Crippen molar-refractivity contribution < 1.29 is 28.5 Å². The number of fused-ring (bicyclic) bond motifs is 1. The van der Waals surface area contributed by atoms with E-state index in [1.807, 2.05) is 12.1 Å². The molecule has 2 N–H and O–H groups in total. The van der Waals surface area contributed by atoms with Gasteiger partial charge in [-0.1, -0.05) is 30.3 Å². The van der Waals surface area contributed by atoms with E-state index in [1.54, 1.807) is 24.3 Å². The maximum atomic E-state index is 12.7. The second kappa shape index (κ2) is 8.61. The highest BCUT2D eigenvalue weighted by molar-refractivity contribution is 6.01. The van der Waals surface area contributed by atoms with Crippen molar-refractivity contribution in [1.82, 2.24) is 4.98 Å². The highest BCUT2D eigenvalue weighted by atomic mass is 19.3. The van der Waals surface area contributed by atoms with Gasteiger partial charge in [-0.25, -0.2) is 4.98 Å². The number of aliphatic hydroxyl groups is 2. The quantitative estimate of drug-likeness (QED) is 0.648. The van der Waals surface area contributed by atoms with Crippen LogP contribution in [-0.2, 0) is 0 Å². The van der Waals surface area contributed by atoms with Crippen molar-refractivity contribution in [2.45, 2.75) is 12.7 Å². The summed E-state index contributed by atoms with van der Waals surface area (Å²) in [7, 11) is 0. The Morgan fingerprint density at radius 3 is 2.50 bits per heavy atom. The van der Waals surface area contributed by atoms with Gasteiger partial charge in [0.25, 0.3) is 0 Å². The molecule has 1 heterocycles. The molecular formula is C20H16F2N2O4. The van der Waals surface area contributed by atoms with Gasteiger partial charge in [0.1, 0.15) is 24.5 Å². The van der Waals surface area contributed by atoms with E-state index in [9.17, 15) is 19.1 Å². The molecule has 28 heavy (non-hydrogen) atoms. The van der Waals surface area contributed by atoms with E-state index in [4.69, 9.17) is 9.84 Å². The van der Waals surface area contributed by atoms with Crippen molar-refractivity contribution in [3.8, 4) is 28.8 Å². The summed E-state index contributed by atoms with van der Waals surface area (Å²) >= 11 is 0. The second-order valence-corrected chi connectivity index (χ2v) is 5.85. The van der Waals surface area contributed by atoms with Gasteiger partial charge in [-0.15, -0.1) is 0 Å². The highest BCUT2D eigenvalue weighted by Gasteiger charge is 2.18. The highest BCUT2D eigenvalue weighted by Crippen LogP contribution is 2.37. The molecule has 144 valence electrons. The number of aliphatic hydroxyl groups excluding tert-OH is 2. The van der Waals surface area contributed by atoms with Crippen molar-refractivity contribution in [3.05, 3.63) is 54.2 Å². The third-order valence-electron chi connectivity index (χ3n) is 3.96. The molecule has 3 aromatic rings. The number of rotatable bonds is 7. The van der Waals surface area contributed by atoms with Gasteiger partial charge >= 0.3 is 6.61 Å². The number of hydrogen-bond acceptors (Lipinski definition) is 6. The van der Waals surface area contributed by atoms with Gasteiger partial charge in [0.2, 0.25) is 5.88 Å². The molecule has 3 rings (SSSR count). The maximum absolute atomic E-state index is 12.7. The first-order valence-electron chi connectivity index (χ1n) is 8.33. The number of nitriles is 1. The Bertz CT molecular complexity index is 1010. The number of benzene rings is 2. The average Bonchev–Trinajstić information content (AvgIpc) is 2.71. The van der Waals surface area contributed by atoms with Crippen LogP contribution in [0.3, 0.4) is 0 Å². The number of aromatic nitrogens is 1. The molecule has 0 aliphatic carbocycles. The van der Waals surface area contributed by atoms with Crippen LogP contribution in [0, 0.1) is 11.3 Å². The zero-order valence-corrected chi connectivity index (χ0v) is 14.5. The lowest BCUT2D eigenvalue weighted by molar-refractivity contribution is -0.0497. The number of nitrogens with zero attached hydrogens (tertiary/aromatic N) is 2. The Balaban J connectivity index is 2.23. The third-order valence-corrected chi connectivity index (χ3v) is 3.96. The Morgan fingerprint density at radius 1 is 1.11 bits per heavy atom. The predicted octanol–water partition coefficient (Wildman–Crippen LogP) is 3.11. The van der Waals surface area contributed by atoms with Crippen LogP contribution < -0.4 is 9.47 Å². The monoisotopic (exact) mass is 386 g/mol. The summed E-state index contributed by atoms with van der Waals surface area (Å²) in [5.74, 6) is -0.0292. The van der Waals surface area contributed by atoms with Crippen LogP contribution in [0.15, 0.2) is 48.5 Å². The number of halogens is 2. The molecule has 0 unspecified atom stereocenters. The van der Waals surface area contributed by atoms with Crippen LogP contribution in [0.5, 0.6) is 11.6 Å². The first-order chi connectivity index (χ1) is 13.5. The second-order valence-electron chi connectivity index (χ2n) is 5.85. The molecule has 1 aromatic heterocycles. The lowest BCUT2D eigenvalue weighted by Crippen LogP contribution is -2.21. The average molecular weight is 386 g/mol. The van der Waals surface area contributed by atoms with Gasteiger partial charge in [0.05, 0.1) is 6.61 Å². The van der Waals surface area contributed by atoms with E-state index in [2.05, 4.69) is 9.72 Å². The van der Waals surface area contributed by atoms with Gasteiger partial charge in [-0.2, -0.15) is 14.0 Å². The van der Waals surface area contributed by atoms with Crippen molar-refractivity contribution in [2.24, 2.45) is 0 Å². The molecular weight excluding hydrogens is 370 g/mol. The molecule has 0 bridgehead atoms. The molecule has 8 heteroatoms. The van der Waals surface area contributed by atoms with Crippen LogP contribution in [-0.4, -0.2) is 41.1 Å². The first kappa shape index (κ1) is 19.5. The minimum Gasteiger partial charge on any atom is -0.474 e. The molecule has 0 saturated carbocycles. The van der Waals surface area contributed by atoms with Crippen molar-refractivity contribution in [3.63, 3.8) is 0 Å². The van der Waals surface area contributed by atoms with E-state index >= 15 is 0 Å². The summed E-state index contributed by atoms with van der Waals surface area (Å²) < 4.78 is 35.3. The summed E-state index contributed by atoms with van der Waals surface area (Å²) in [4.78, 5) is 4.23. The van der Waals surface area contributed by atoms with Crippen molar-refractivity contribution in [1.29, 1.82) is 5.26 Å². The van der Waals surface area contributed by atoms with Gasteiger partial charge < -0.3 is 19.7 Å². The molecule has 1 atom stereocenters. The van der Waals surface area contributed by atoms with E-state index in [-0.39, 0.29) is 23.9 Å². The lowest BCUT2D eigenvalue weighted by Gasteiger charge is -2.16. The maximum Gasteiger partial charge on any atom is 0.387 e. The lowest BCUT2D eigenvalue weighted by atomic mass is 9.97. The fourth-order valence-corrected chi connectivity index (χ4v) is 2.75. The van der Waals surface area contributed by atoms with Crippen molar-refractivity contribution >= 4 is 10.8 Å². The Labute approximate surface area is 159 Å². The fraction of sp³-hybridized carbons (Fsp3) is 0.200. The topological polar surface area (TPSA) is 95.6 Å². The number of ether oxygens (including phenoxy) is 2. The van der Waals surface area contributed by atoms with Gasteiger partial charge in [0, 0.05) is 16.3 Å². The zero-order valence-electron chi connectivity index (χ0n) is 14.5. The smallest absolute Gasteiger partial charge is 0.387 e. The van der Waals surface area contributed by atoms with Crippen LogP contribution in [0.4, 0.5) is 8.78 Å². The Hall–Kier alpha value is -3.28. The van der Waals surface area contributed by atoms with Crippen LogP contribution in [0.2, 0.25) is 0 Å². The van der Waals surface area contributed by atoms with Gasteiger partial charge in [-0.3, -0.25) is 0 Å². The van der Waals surface area contributed by atoms with E-state index in [0.29, 0.717) is 21.9 Å². The summed E-state index contributed by atoms with van der Waals surface area (Å²) in [5.41, 5.74) is 1.15. The van der Waals surface area contributed by atoms with E-state index < -0.39 is 19.3 Å². The van der Waals surface area contributed by atoms with Crippen LogP contribution in [0.1, 0.15) is 5.69 Å². The number of alkyl halides is 2. The SMILES string of the molecule is N#Cc1nc(OC[C@H](O)CO)c2ccc(OC(F)F)cc2c1-c1ccccc1.